The Labute approximate surface area is 138 Å². The number of carbonyl (C=O) groups is 1. The highest BCUT2D eigenvalue weighted by molar-refractivity contribution is 9.10. The third-order valence-corrected chi connectivity index (χ3v) is 4.38. The van der Waals surface area contributed by atoms with Crippen molar-refractivity contribution in [1.29, 1.82) is 0 Å². The topological polar surface area (TPSA) is 34.0 Å². The summed E-state index contributed by atoms with van der Waals surface area (Å²) >= 11 is 3.56. The zero-order valence-electron chi connectivity index (χ0n) is 12.8. The number of aromatic nitrogens is 1. The molecule has 0 aliphatic rings. The van der Waals surface area contributed by atoms with Crippen molar-refractivity contribution >= 4 is 49.3 Å². The summed E-state index contributed by atoms with van der Waals surface area (Å²) in [6.45, 7) is 4.75. The molecule has 0 atom stereocenters. The first-order chi connectivity index (χ1) is 10.6. The number of aryl methyl sites for hydroxylation is 1. The minimum atomic E-state index is -0.0461. The van der Waals surface area contributed by atoms with Gasteiger partial charge in [-0.3, -0.25) is 4.79 Å². The highest BCUT2D eigenvalue weighted by Crippen LogP contribution is 2.33. The lowest BCUT2D eigenvalue weighted by Crippen LogP contribution is -2.05. The van der Waals surface area contributed by atoms with Gasteiger partial charge >= 0.3 is 0 Å². The van der Waals surface area contributed by atoms with Gasteiger partial charge in [-0.15, -0.1) is 0 Å². The van der Waals surface area contributed by atoms with Crippen molar-refractivity contribution in [2.45, 2.75) is 33.2 Å². The zero-order chi connectivity index (χ0) is 15.7. The molecule has 114 valence electrons. The zero-order valence-corrected chi connectivity index (χ0v) is 14.4. The summed E-state index contributed by atoms with van der Waals surface area (Å²) in [5.41, 5.74) is 3.30. The Kier molecular flexibility index (Phi) is 4.21. The molecule has 0 spiro atoms. The number of rotatable bonds is 4. The van der Waals surface area contributed by atoms with Gasteiger partial charge in [0, 0.05) is 45.4 Å². The van der Waals surface area contributed by atoms with Crippen LogP contribution < -0.4 is 5.32 Å². The first-order valence-electron chi connectivity index (χ1n) is 7.59. The molecule has 0 radical (unpaired) electrons. The minimum Gasteiger partial charge on any atom is -0.340 e. The molecule has 0 saturated heterocycles. The van der Waals surface area contributed by atoms with Gasteiger partial charge in [-0.05, 0) is 42.8 Å². The van der Waals surface area contributed by atoms with Crippen molar-refractivity contribution in [3.05, 3.63) is 40.9 Å². The largest absolute Gasteiger partial charge is 0.340 e. The third-order valence-electron chi connectivity index (χ3n) is 3.88. The summed E-state index contributed by atoms with van der Waals surface area (Å²) < 4.78 is 3.44. The Bertz CT molecular complexity index is 851. The molecule has 0 aliphatic heterocycles. The number of nitrogens with zero attached hydrogens (tertiary/aromatic N) is 1. The number of hydrogen-bond donors (Lipinski definition) is 1. The van der Waals surface area contributed by atoms with Crippen LogP contribution in [0.25, 0.3) is 21.8 Å². The van der Waals surface area contributed by atoms with Gasteiger partial charge in [0.2, 0.25) is 5.91 Å². The van der Waals surface area contributed by atoms with Crippen molar-refractivity contribution in [2.24, 2.45) is 0 Å². The van der Waals surface area contributed by atoms with Gasteiger partial charge in [-0.2, -0.15) is 0 Å². The number of fused-ring (bicyclic) bond motifs is 3. The molecular formula is C18H19BrN2O. The fourth-order valence-corrected chi connectivity index (χ4v) is 3.28. The Morgan fingerprint density at radius 1 is 1.14 bits per heavy atom. The maximum Gasteiger partial charge on any atom is 0.221 e. The molecule has 1 N–H and O–H groups in total. The average molecular weight is 359 g/mol. The molecule has 0 fully saturated rings. The predicted molar refractivity (Wildman–Crippen MR) is 96.4 cm³/mol. The molecule has 0 aliphatic carbocycles. The number of amides is 1. The Hall–Kier alpha value is -1.81. The number of carbonyl (C=O) groups excluding carboxylic acids is 1. The molecule has 0 saturated carbocycles. The first kappa shape index (κ1) is 15.1. The van der Waals surface area contributed by atoms with Crippen LogP contribution in [0, 0.1) is 0 Å². The van der Waals surface area contributed by atoms with Crippen LogP contribution in [0.1, 0.15) is 26.7 Å². The molecule has 22 heavy (non-hydrogen) atoms. The summed E-state index contributed by atoms with van der Waals surface area (Å²) in [4.78, 5) is 11.3. The SMILES string of the molecule is CCCCn1c2ccc(Br)cc2c2cc(NC(C)=O)ccc21. The molecule has 2 aromatic carbocycles. The monoisotopic (exact) mass is 358 g/mol. The van der Waals surface area contributed by atoms with E-state index in [0.29, 0.717) is 0 Å². The number of hydrogen-bond acceptors (Lipinski definition) is 1. The van der Waals surface area contributed by atoms with E-state index in [1.165, 1.54) is 35.2 Å². The molecule has 1 aromatic heterocycles. The van der Waals surface area contributed by atoms with E-state index in [0.717, 1.165) is 23.1 Å². The molecule has 1 amide bonds. The number of halogens is 1. The minimum absolute atomic E-state index is 0.0461. The van der Waals surface area contributed by atoms with Gasteiger partial charge in [0.05, 0.1) is 0 Å². The number of anilines is 1. The lowest BCUT2D eigenvalue weighted by Gasteiger charge is -2.07. The summed E-state index contributed by atoms with van der Waals surface area (Å²) in [7, 11) is 0. The molecule has 4 heteroatoms. The quantitative estimate of drug-likeness (QED) is 0.673. The van der Waals surface area contributed by atoms with E-state index >= 15 is 0 Å². The Morgan fingerprint density at radius 2 is 1.82 bits per heavy atom. The van der Waals surface area contributed by atoms with Crippen LogP contribution in [-0.4, -0.2) is 10.5 Å². The van der Waals surface area contributed by atoms with Crippen LogP contribution in [0.15, 0.2) is 40.9 Å². The Morgan fingerprint density at radius 3 is 2.50 bits per heavy atom. The van der Waals surface area contributed by atoms with Gasteiger partial charge in [0.15, 0.2) is 0 Å². The van der Waals surface area contributed by atoms with E-state index in [1.54, 1.807) is 0 Å². The van der Waals surface area contributed by atoms with Crippen LogP contribution in [0.4, 0.5) is 5.69 Å². The number of benzene rings is 2. The lowest BCUT2D eigenvalue weighted by molar-refractivity contribution is -0.114. The van der Waals surface area contributed by atoms with Crippen molar-refractivity contribution in [2.75, 3.05) is 5.32 Å². The molecule has 3 nitrogen and oxygen atoms in total. The van der Waals surface area contributed by atoms with E-state index in [2.05, 4.69) is 63.1 Å². The van der Waals surface area contributed by atoms with Crippen LogP contribution in [-0.2, 0) is 11.3 Å². The predicted octanol–water partition coefficient (Wildman–Crippen LogP) is 5.32. The highest BCUT2D eigenvalue weighted by atomic mass is 79.9. The van der Waals surface area contributed by atoms with Crippen molar-refractivity contribution in [3.8, 4) is 0 Å². The maximum absolute atomic E-state index is 11.3. The van der Waals surface area contributed by atoms with E-state index in [4.69, 9.17) is 0 Å². The molecule has 0 unspecified atom stereocenters. The normalized spacial score (nSPS) is 11.2. The highest BCUT2D eigenvalue weighted by Gasteiger charge is 2.11. The molecule has 3 rings (SSSR count). The van der Waals surface area contributed by atoms with Gasteiger partial charge in [0.1, 0.15) is 0 Å². The maximum atomic E-state index is 11.3. The third kappa shape index (κ3) is 2.75. The van der Waals surface area contributed by atoms with Crippen LogP contribution >= 0.6 is 15.9 Å². The lowest BCUT2D eigenvalue weighted by atomic mass is 10.1. The van der Waals surface area contributed by atoms with Gasteiger partial charge in [-0.25, -0.2) is 0 Å². The first-order valence-corrected chi connectivity index (χ1v) is 8.38. The molecule has 3 aromatic rings. The average Bonchev–Trinajstić information content (AvgIpc) is 2.77. The number of nitrogens with one attached hydrogen (secondary N) is 1. The van der Waals surface area contributed by atoms with E-state index < -0.39 is 0 Å². The standard InChI is InChI=1S/C18H19BrN2O/c1-3-4-9-21-17-7-5-13(19)10-15(17)16-11-14(20-12(2)22)6-8-18(16)21/h5-8,10-11H,3-4,9H2,1-2H3,(H,20,22). The second-order valence-corrected chi connectivity index (χ2v) is 6.50. The second kappa shape index (κ2) is 6.13. The van der Waals surface area contributed by atoms with Gasteiger partial charge in [-0.1, -0.05) is 29.3 Å². The van der Waals surface area contributed by atoms with Crippen molar-refractivity contribution in [3.63, 3.8) is 0 Å². The Balaban J connectivity index is 2.25. The van der Waals surface area contributed by atoms with Crippen LogP contribution in [0.2, 0.25) is 0 Å². The van der Waals surface area contributed by atoms with Gasteiger partial charge < -0.3 is 9.88 Å². The molecule has 0 bridgehead atoms. The second-order valence-electron chi connectivity index (χ2n) is 5.58. The molecular weight excluding hydrogens is 340 g/mol. The van der Waals surface area contributed by atoms with E-state index in [1.807, 2.05) is 6.07 Å². The summed E-state index contributed by atoms with van der Waals surface area (Å²) in [5.74, 6) is -0.0461. The fraction of sp³-hybridized carbons (Fsp3) is 0.278. The van der Waals surface area contributed by atoms with Crippen LogP contribution in [0.5, 0.6) is 0 Å². The number of unbranched alkanes of at least 4 members (excludes halogenated alkanes) is 1. The van der Waals surface area contributed by atoms with Crippen molar-refractivity contribution < 1.29 is 4.79 Å². The molecule has 1 heterocycles. The smallest absolute Gasteiger partial charge is 0.221 e. The van der Waals surface area contributed by atoms with E-state index in [-0.39, 0.29) is 5.91 Å². The van der Waals surface area contributed by atoms with Crippen LogP contribution in [0.3, 0.4) is 0 Å². The summed E-state index contributed by atoms with van der Waals surface area (Å²) in [6, 6.07) is 12.5. The van der Waals surface area contributed by atoms with Gasteiger partial charge in [0.25, 0.3) is 0 Å². The van der Waals surface area contributed by atoms with E-state index in [9.17, 15) is 4.79 Å². The van der Waals surface area contributed by atoms with Crippen molar-refractivity contribution in [1.82, 2.24) is 4.57 Å². The summed E-state index contributed by atoms with van der Waals surface area (Å²) in [6.07, 6.45) is 2.32. The summed E-state index contributed by atoms with van der Waals surface area (Å²) in [5, 5.41) is 5.26. The fourth-order valence-electron chi connectivity index (χ4n) is 2.91.